The van der Waals surface area contributed by atoms with E-state index in [0.717, 1.165) is 9.13 Å². The fourth-order valence-electron chi connectivity index (χ4n) is 1.69. The quantitative estimate of drug-likeness (QED) is 0.794. The molecule has 1 unspecified atom stereocenters. The van der Waals surface area contributed by atoms with Gasteiger partial charge in [-0.1, -0.05) is 13.0 Å². The Hall–Kier alpha value is -1.31. The van der Waals surface area contributed by atoms with Crippen LogP contribution < -0.4 is 5.32 Å². The summed E-state index contributed by atoms with van der Waals surface area (Å²) in [6.07, 6.45) is 0.366. The molecule has 19 heavy (non-hydrogen) atoms. The van der Waals surface area contributed by atoms with Gasteiger partial charge in [-0.3, -0.25) is 0 Å². The molecule has 2 N–H and O–H groups in total. The standard InChI is InChI=1S/C13H17IN2O3/c1-4-11(12(17)18)16(3)13(19)15-10-7-9(14)6-5-8(10)2/h5-7,11H,4H2,1-3H3,(H,15,19)(H,17,18). The average molecular weight is 376 g/mol. The third-order valence-corrected chi connectivity index (χ3v) is 3.57. The van der Waals surface area contributed by atoms with Crippen molar-refractivity contribution < 1.29 is 14.7 Å². The third-order valence-electron chi connectivity index (χ3n) is 2.90. The SMILES string of the molecule is CCC(C(=O)O)N(C)C(=O)Nc1cc(I)ccc1C. The van der Waals surface area contributed by atoms with Gasteiger partial charge in [-0.25, -0.2) is 9.59 Å². The Morgan fingerprint density at radius 2 is 2.11 bits per heavy atom. The lowest BCUT2D eigenvalue weighted by Gasteiger charge is -2.24. The van der Waals surface area contributed by atoms with Gasteiger partial charge in [0.1, 0.15) is 6.04 Å². The summed E-state index contributed by atoms with van der Waals surface area (Å²) in [6, 6.07) is 4.47. The number of rotatable bonds is 4. The van der Waals surface area contributed by atoms with E-state index in [2.05, 4.69) is 27.9 Å². The van der Waals surface area contributed by atoms with Crippen molar-refractivity contribution in [2.45, 2.75) is 26.3 Å². The summed E-state index contributed by atoms with van der Waals surface area (Å²) in [5.41, 5.74) is 1.63. The van der Waals surface area contributed by atoms with Crippen LogP contribution >= 0.6 is 22.6 Å². The third kappa shape index (κ3) is 4.09. The lowest BCUT2D eigenvalue weighted by molar-refractivity contribution is -0.141. The van der Waals surface area contributed by atoms with E-state index in [1.165, 1.54) is 11.9 Å². The number of anilines is 1. The van der Waals surface area contributed by atoms with E-state index in [9.17, 15) is 9.59 Å². The maximum Gasteiger partial charge on any atom is 0.326 e. The van der Waals surface area contributed by atoms with E-state index >= 15 is 0 Å². The summed E-state index contributed by atoms with van der Waals surface area (Å²) in [5.74, 6) is -1.00. The van der Waals surface area contributed by atoms with Gasteiger partial charge in [0.2, 0.25) is 0 Å². The molecule has 2 amide bonds. The Labute approximate surface area is 126 Å². The summed E-state index contributed by atoms with van der Waals surface area (Å²) in [4.78, 5) is 24.3. The van der Waals surface area contributed by atoms with E-state index in [4.69, 9.17) is 5.11 Å². The molecule has 0 saturated carbocycles. The first-order valence-corrected chi connectivity index (χ1v) is 6.97. The number of likely N-dealkylation sites (N-methyl/N-ethyl adjacent to an activating group) is 1. The van der Waals surface area contributed by atoms with Crippen LogP contribution in [0.4, 0.5) is 10.5 Å². The number of halogens is 1. The zero-order valence-electron chi connectivity index (χ0n) is 11.1. The summed E-state index contributed by atoms with van der Waals surface area (Å²) in [7, 11) is 1.49. The number of aryl methyl sites for hydroxylation is 1. The Balaban J connectivity index is 2.84. The van der Waals surface area contributed by atoms with E-state index in [1.54, 1.807) is 6.92 Å². The van der Waals surface area contributed by atoms with Crippen LogP contribution in [0.25, 0.3) is 0 Å². The number of amides is 2. The van der Waals surface area contributed by atoms with Gasteiger partial charge >= 0.3 is 12.0 Å². The highest BCUT2D eigenvalue weighted by Gasteiger charge is 2.24. The lowest BCUT2D eigenvalue weighted by Crippen LogP contribution is -2.44. The zero-order chi connectivity index (χ0) is 14.6. The summed E-state index contributed by atoms with van der Waals surface area (Å²) >= 11 is 2.16. The number of benzene rings is 1. The van der Waals surface area contributed by atoms with Crippen molar-refractivity contribution in [2.75, 3.05) is 12.4 Å². The van der Waals surface area contributed by atoms with Gasteiger partial charge in [0, 0.05) is 16.3 Å². The number of nitrogens with one attached hydrogen (secondary N) is 1. The minimum absolute atomic E-state index is 0.366. The van der Waals surface area contributed by atoms with E-state index < -0.39 is 18.0 Å². The first kappa shape index (κ1) is 15.7. The van der Waals surface area contributed by atoms with E-state index in [1.807, 2.05) is 25.1 Å². The number of carboxylic acids is 1. The second-order valence-corrected chi connectivity index (χ2v) is 5.51. The molecule has 6 heteroatoms. The molecular formula is C13H17IN2O3. The predicted octanol–water partition coefficient (Wildman–Crippen LogP) is 2.93. The molecule has 0 radical (unpaired) electrons. The van der Waals surface area contributed by atoms with Gasteiger partial charge in [0.05, 0.1) is 0 Å². The van der Waals surface area contributed by atoms with Crippen LogP contribution in [0.5, 0.6) is 0 Å². The van der Waals surface area contributed by atoms with Crippen molar-refractivity contribution in [2.24, 2.45) is 0 Å². The van der Waals surface area contributed by atoms with Gasteiger partial charge in [-0.2, -0.15) is 0 Å². The Morgan fingerprint density at radius 1 is 1.47 bits per heavy atom. The summed E-state index contributed by atoms with van der Waals surface area (Å²) in [6.45, 7) is 3.62. The minimum atomic E-state index is -1.00. The van der Waals surface area contributed by atoms with Crippen molar-refractivity contribution in [1.82, 2.24) is 4.90 Å². The van der Waals surface area contributed by atoms with Crippen LogP contribution in [0, 0.1) is 10.5 Å². The summed E-state index contributed by atoms with van der Waals surface area (Å²) in [5, 5.41) is 11.8. The van der Waals surface area contributed by atoms with Gasteiger partial charge in [0.25, 0.3) is 0 Å². The molecule has 1 aromatic carbocycles. The van der Waals surface area contributed by atoms with Crippen LogP contribution in [0.2, 0.25) is 0 Å². The molecule has 104 valence electrons. The van der Waals surface area contributed by atoms with Crippen LogP contribution in [0.1, 0.15) is 18.9 Å². The Morgan fingerprint density at radius 3 is 2.63 bits per heavy atom. The van der Waals surface area contributed by atoms with Crippen molar-refractivity contribution in [3.8, 4) is 0 Å². The van der Waals surface area contributed by atoms with Crippen molar-refractivity contribution in [3.05, 3.63) is 27.3 Å². The molecule has 0 heterocycles. The lowest BCUT2D eigenvalue weighted by atomic mass is 10.2. The first-order chi connectivity index (χ1) is 8.86. The zero-order valence-corrected chi connectivity index (χ0v) is 13.3. The minimum Gasteiger partial charge on any atom is -0.480 e. The van der Waals surface area contributed by atoms with Gasteiger partial charge in [0.15, 0.2) is 0 Å². The monoisotopic (exact) mass is 376 g/mol. The number of carbonyl (C=O) groups excluding carboxylic acids is 1. The van der Waals surface area contributed by atoms with Gasteiger partial charge in [-0.05, 0) is 53.6 Å². The fraction of sp³-hybridized carbons (Fsp3) is 0.385. The molecule has 0 aromatic heterocycles. The molecule has 0 aliphatic carbocycles. The van der Waals surface area contributed by atoms with Crippen molar-refractivity contribution in [3.63, 3.8) is 0 Å². The van der Waals surface area contributed by atoms with E-state index in [0.29, 0.717) is 12.1 Å². The second-order valence-electron chi connectivity index (χ2n) is 4.26. The van der Waals surface area contributed by atoms with Gasteiger partial charge < -0.3 is 15.3 Å². The number of hydrogen-bond donors (Lipinski definition) is 2. The molecule has 0 bridgehead atoms. The number of carboxylic acid groups (broad SMARTS) is 1. The van der Waals surface area contributed by atoms with Crippen LogP contribution in [0.3, 0.4) is 0 Å². The molecule has 1 atom stereocenters. The van der Waals surface area contributed by atoms with Crippen LogP contribution in [-0.4, -0.2) is 35.1 Å². The molecule has 0 spiro atoms. The first-order valence-electron chi connectivity index (χ1n) is 5.89. The Kier molecular flexibility index (Phi) is 5.59. The molecule has 0 aliphatic rings. The number of aliphatic carboxylic acids is 1. The maximum atomic E-state index is 12.0. The largest absolute Gasteiger partial charge is 0.480 e. The molecule has 5 nitrogen and oxygen atoms in total. The van der Waals surface area contributed by atoms with Crippen LogP contribution in [0.15, 0.2) is 18.2 Å². The number of nitrogens with zero attached hydrogens (tertiary/aromatic N) is 1. The number of carbonyl (C=O) groups is 2. The predicted molar refractivity (Wildman–Crippen MR) is 82.4 cm³/mol. The highest BCUT2D eigenvalue weighted by Crippen LogP contribution is 2.19. The van der Waals surface area contributed by atoms with Crippen molar-refractivity contribution >= 4 is 40.3 Å². The molecule has 1 rings (SSSR count). The van der Waals surface area contributed by atoms with Crippen LogP contribution in [-0.2, 0) is 4.79 Å². The Bertz CT molecular complexity index is 491. The highest BCUT2D eigenvalue weighted by molar-refractivity contribution is 14.1. The molecule has 0 fully saturated rings. The molecular weight excluding hydrogens is 359 g/mol. The second kappa shape index (κ2) is 6.74. The van der Waals surface area contributed by atoms with Crippen molar-refractivity contribution in [1.29, 1.82) is 0 Å². The molecule has 1 aromatic rings. The summed E-state index contributed by atoms with van der Waals surface area (Å²) < 4.78 is 1.01. The van der Waals surface area contributed by atoms with E-state index in [-0.39, 0.29) is 0 Å². The topological polar surface area (TPSA) is 69.6 Å². The highest BCUT2D eigenvalue weighted by atomic mass is 127. The number of hydrogen-bond acceptors (Lipinski definition) is 2. The maximum absolute atomic E-state index is 12.0. The van der Waals surface area contributed by atoms with Gasteiger partial charge in [-0.15, -0.1) is 0 Å². The fourth-order valence-corrected chi connectivity index (χ4v) is 2.18. The normalized spacial score (nSPS) is 11.8. The molecule has 0 aliphatic heterocycles. The molecule has 0 saturated heterocycles. The number of urea groups is 1. The average Bonchev–Trinajstić information content (AvgIpc) is 2.34. The smallest absolute Gasteiger partial charge is 0.326 e.